The molecule has 1 aliphatic carbocycles. The van der Waals surface area contributed by atoms with Crippen LogP contribution in [0.2, 0.25) is 0 Å². The van der Waals surface area contributed by atoms with Gasteiger partial charge in [-0.15, -0.1) is 0 Å². The second-order valence-corrected chi connectivity index (χ2v) is 13.8. The largest absolute Gasteiger partial charge is 0.402 e. The quantitative estimate of drug-likeness (QED) is 0.257. The van der Waals surface area contributed by atoms with Gasteiger partial charge in [-0.3, -0.25) is 0 Å². The SMILES string of the molecule is CC(CCN(C)C)C1(CCN(C)C)c2cc(C(C)(C)C)ccc2-c2ccc(C(C)(c3ccccc3)C(F)(F)F)cc21. The molecule has 2 nitrogen and oxygen atoms in total. The average molecular weight is 565 g/mol. The van der Waals surface area contributed by atoms with Gasteiger partial charge >= 0.3 is 6.18 Å². The molecule has 1 aliphatic rings. The van der Waals surface area contributed by atoms with E-state index in [1.807, 2.05) is 12.1 Å². The lowest BCUT2D eigenvalue weighted by atomic mass is 9.64. The lowest BCUT2D eigenvalue weighted by Gasteiger charge is -2.41. The molecule has 3 unspecified atom stereocenters. The Morgan fingerprint density at radius 3 is 1.68 bits per heavy atom. The van der Waals surface area contributed by atoms with E-state index < -0.39 is 17.0 Å². The number of halogens is 3. The monoisotopic (exact) mass is 564 g/mol. The minimum Gasteiger partial charge on any atom is -0.309 e. The molecule has 3 atom stereocenters. The minimum absolute atomic E-state index is 0.0444. The molecule has 0 spiro atoms. The lowest BCUT2D eigenvalue weighted by Crippen LogP contribution is -2.41. The molecule has 0 amide bonds. The van der Waals surface area contributed by atoms with Crippen molar-refractivity contribution in [2.45, 2.75) is 69.9 Å². The summed E-state index contributed by atoms with van der Waals surface area (Å²) in [4.78, 5) is 4.39. The number of rotatable bonds is 9. The van der Waals surface area contributed by atoms with Crippen LogP contribution in [0.1, 0.15) is 75.3 Å². The van der Waals surface area contributed by atoms with Gasteiger partial charge in [-0.1, -0.05) is 94.4 Å². The molecule has 0 fully saturated rings. The van der Waals surface area contributed by atoms with Crippen molar-refractivity contribution < 1.29 is 13.2 Å². The predicted octanol–water partition coefficient (Wildman–Crippen LogP) is 8.66. The molecule has 0 saturated heterocycles. The van der Waals surface area contributed by atoms with E-state index in [4.69, 9.17) is 0 Å². The molecular formula is C36H47F3N2. The van der Waals surface area contributed by atoms with Gasteiger partial charge in [0.05, 0.1) is 0 Å². The molecule has 0 heterocycles. The van der Waals surface area contributed by atoms with Crippen LogP contribution in [0.4, 0.5) is 13.2 Å². The Labute approximate surface area is 245 Å². The molecule has 0 bridgehead atoms. The van der Waals surface area contributed by atoms with E-state index >= 15 is 13.2 Å². The van der Waals surface area contributed by atoms with Crippen LogP contribution >= 0.6 is 0 Å². The highest BCUT2D eigenvalue weighted by atomic mass is 19.4. The fourth-order valence-electron chi connectivity index (χ4n) is 6.63. The summed E-state index contributed by atoms with van der Waals surface area (Å²) in [5, 5.41) is 0. The van der Waals surface area contributed by atoms with Crippen LogP contribution in [0.3, 0.4) is 0 Å². The topological polar surface area (TPSA) is 6.48 Å². The maximum atomic E-state index is 15.1. The summed E-state index contributed by atoms with van der Waals surface area (Å²) >= 11 is 0. The summed E-state index contributed by atoms with van der Waals surface area (Å²) < 4.78 is 45.2. The zero-order valence-corrected chi connectivity index (χ0v) is 26.3. The van der Waals surface area contributed by atoms with Crippen molar-refractivity contribution in [2.24, 2.45) is 5.92 Å². The Morgan fingerprint density at radius 2 is 1.20 bits per heavy atom. The van der Waals surface area contributed by atoms with Crippen molar-refractivity contribution in [3.05, 3.63) is 94.5 Å². The molecule has 0 aromatic heterocycles. The second kappa shape index (κ2) is 11.2. The van der Waals surface area contributed by atoms with Crippen LogP contribution in [-0.2, 0) is 16.2 Å². The van der Waals surface area contributed by atoms with Crippen LogP contribution in [0.25, 0.3) is 11.1 Å². The number of hydrogen-bond donors (Lipinski definition) is 0. The van der Waals surface area contributed by atoms with Crippen LogP contribution in [-0.4, -0.2) is 57.3 Å². The number of hydrogen-bond acceptors (Lipinski definition) is 2. The molecule has 3 aromatic carbocycles. The molecule has 0 saturated carbocycles. The predicted molar refractivity (Wildman–Crippen MR) is 166 cm³/mol. The molecule has 41 heavy (non-hydrogen) atoms. The molecule has 0 radical (unpaired) electrons. The minimum atomic E-state index is -4.46. The van der Waals surface area contributed by atoms with Crippen molar-refractivity contribution in [2.75, 3.05) is 41.3 Å². The van der Waals surface area contributed by atoms with Crippen molar-refractivity contribution in [3.63, 3.8) is 0 Å². The van der Waals surface area contributed by atoms with E-state index in [-0.39, 0.29) is 16.9 Å². The van der Waals surface area contributed by atoms with Crippen LogP contribution < -0.4 is 0 Å². The second-order valence-electron chi connectivity index (χ2n) is 13.8. The smallest absolute Gasteiger partial charge is 0.309 e. The van der Waals surface area contributed by atoms with Crippen molar-refractivity contribution in [3.8, 4) is 11.1 Å². The summed E-state index contributed by atoms with van der Waals surface area (Å²) in [6, 6.07) is 20.7. The average Bonchev–Trinajstić information content (AvgIpc) is 3.18. The normalized spacial score (nSPS) is 19.3. The number of fused-ring (bicyclic) bond motifs is 3. The summed E-state index contributed by atoms with van der Waals surface area (Å²) in [5.41, 5.74) is 3.75. The lowest BCUT2D eigenvalue weighted by molar-refractivity contribution is -0.173. The van der Waals surface area contributed by atoms with E-state index in [0.717, 1.165) is 42.6 Å². The highest BCUT2D eigenvalue weighted by Gasteiger charge is 2.55. The maximum Gasteiger partial charge on any atom is 0.402 e. The van der Waals surface area contributed by atoms with Gasteiger partial charge in [0.25, 0.3) is 0 Å². The van der Waals surface area contributed by atoms with E-state index in [1.54, 1.807) is 36.4 Å². The highest BCUT2D eigenvalue weighted by Crippen LogP contribution is 2.58. The molecular weight excluding hydrogens is 517 g/mol. The number of nitrogens with zero attached hydrogens (tertiary/aromatic N) is 2. The van der Waals surface area contributed by atoms with Gasteiger partial charge in [0, 0.05) is 5.41 Å². The Kier molecular flexibility index (Phi) is 8.57. The first-order chi connectivity index (χ1) is 19.0. The zero-order valence-electron chi connectivity index (χ0n) is 26.3. The van der Waals surface area contributed by atoms with Gasteiger partial charge < -0.3 is 9.80 Å². The summed E-state index contributed by atoms with van der Waals surface area (Å²) in [5.74, 6) is 0.212. The Morgan fingerprint density at radius 1 is 0.683 bits per heavy atom. The summed E-state index contributed by atoms with van der Waals surface area (Å²) in [6.07, 6.45) is -2.69. The van der Waals surface area contributed by atoms with Gasteiger partial charge in [0.1, 0.15) is 5.41 Å². The van der Waals surface area contributed by atoms with Gasteiger partial charge in [-0.05, 0) is 111 Å². The fraction of sp³-hybridized carbons (Fsp3) is 0.500. The standard InChI is InChI=1S/C36H47F3N2/c1-25(19-21-40(6)7)35(20-22-41(8)9)31-23-27(33(2,3)4)15-17-29(31)30-18-16-28(24-32(30)35)34(5,36(37,38)39)26-13-11-10-12-14-26/h10-18,23-25H,19-22H2,1-9H3. The first kappa shape index (κ1) is 31.3. The Balaban J connectivity index is 2.04. The molecule has 222 valence electrons. The van der Waals surface area contributed by atoms with Crippen LogP contribution in [0, 0.1) is 5.92 Å². The highest BCUT2D eigenvalue weighted by molar-refractivity contribution is 5.82. The third-order valence-electron chi connectivity index (χ3n) is 9.46. The van der Waals surface area contributed by atoms with Gasteiger partial charge in [0.2, 0.25) is 0 Å². The van der Waals surface area contributed by atoms with E-state index in [2.05, 4.69) is 83.9 Å². The van der Waals surface area contributed by atoms with E-state index in [0.29, 0.717) is 5.56 Å². The van der Waals surface area contributed by atoms with Gasteiger partial charge in [0.15, 0.2) is 0 Å². The zero-order chi connectivity index (χ0) is 30.4. The fourth-order valence-corrected chi connectivity index (χ4v) is 6.63. The van der Waals surface area contributed by atoms with E-state index in [9.17, 15) is 0 Å². The first-order valence-electron chi connectivity index (χ1n) is 14.8. The molecule has 3 aromatic rings. The summed E-state index contributed by atoms with van der Waals surface area (Å²) in [7, 11) is 8.32. The first-order valence-corrected chi connectivity index (χ1v) is 14.8. The number of alkyl halides is 3. The third kappa shape index (κ3) is 5.60. The van der Waals surface area contributed by atoms with Crippen molar-refractivity contribution in [1.29, 1.82) is 0 Å². The van der Waals surface area contributed by atoms with Crippen molar-refractivity contribution >= 4 is 0 Å². The summed E-state index contributed by atoms with van der Waals surface area (Å²) in [6.45, 7) is 12.1. The Hall–Kier alpha value is -2.63. The van der Waals surface area contributed by atoms with E-state index in [1.165, 1.54) is 18.1 Å². The molecule has 0 N–H and O–H groups in total. The van der Waals surface area contributed by atoms with Gasteiger partial charge in [-0.2, -0.15) is 13.2 Å². The molecule has 5 heteroatoms. The van der Waals surface area contributed by atoms with Crippen molar-refractivity contribution in [1.82, 2.24) is 9.80 Å². The van der Waals surface area contributed by atoms with Gasteiger partial charge in [-0.25, -0.2) is 0 Å². The molecule has 0 aliphatic heterocycles. The van der Waals surface area contributed by atoms with Crippen LogP contribution in [0.5, 0.6) is 0 Å². The number of benzene rings is 3. The third-order valence-corrected chi connectivity index (χ3v) is 9.46. The Bertz CT molecular complexity index is 1350. The maximum absolute atomic E-state index is 15.1. The van der Waals surface area contributed by atoms with Crippen LogP contribution in [0.15, 0.2) is 66.7 Å². The molecule has 4 rings (SSSR count).